The smallest absolute Gasteiger partial charge is 0.200 e. The lowest BCUT2D eigenvalue weighted by molar-refractivity contribution is 0.381. The normalized spacial score (nSPS) is 10.8. The molecule has 0 saturated carbocycles. The van der Waals surface area contributed by atoms with Gasteiger partial charge in [-0.25, -0.2) is 26.3 Å². The number of nitrogen functional groups attached to an aromatic ring is 1. The zero-order chi connectivity index (χ0) is 14.3. The molecule has 0 spiro atoms. The molecule has 0 aliphatic rings. The van der Waals surface area contributed by atoms with Gasteiger partial charge in [-0.1, -0.05) is 6.07 Å². The van der Waals surface area contributed by atoms with Crippen molar-refractivity contribution in [1.82, 2.24) is 0 Å². The van der Waals surface area contributed by atoms with Gasteiger partial charge >= 0.3 is 0 Å². The molecule has 19 heavy (non-hydrogen) atoms. The van der Waals surface area contributed by atoms with Crippen LogP contribution in [0, 0.1) is 34.9 Å². The minimum absolute atomic E-state index is 0.312. The second-order valence-electron chi connectivity index (χ2n) is 3.68. The molecule has 0 fully saturated rings. The topological polar surface area (TPSA) is 26.0 Å². The molecule has 0 heterocycles. The third kappa shape index (κ3) is 2.00. The Morgan fingerprint density at radius 2 is 1.16 bits per heavy atom. The van der Waals surface area contributed by atoms with Crippen molar-refractivity contribution in [3.8, 4) is 11.1 Å². The van der Waals surface area contributed by atoms with Gasteiger partial charge in [0.2, 0.25) is 5.82 Å². The summed E-state index contributed by atoms with van der Waals surface area (Å²) in [6.07, 6.45) is 0. The van der Waals surface area contributed by atoms with Crippen molar-refractivity contribution in [2.24, 2.45) is 0 Å². The van der Waals surface area contributed by atoms with Crippen LogP contribution in [-0.4, -0.2) is 0 Å². The Morgan fingerprint density at radius 3 is 1.63 bits per heavy atom. The first-order valence-corrected chi connectivity index (χ1v) is 4.91. The van der Waals surface area contributed by atoms with Crippen LogP contribution in [0.4, 0.5) is 32.0 Å². The molecule has 2 N–H and O–H groups in total. The maximum atomic E-state index is 13.4. The van der Waals surface area contributed by atoms with Crippen molar-refractivity contribution in [1.29, 1.82) is 0 Å². The van der Waals surface area contributed by atoms with Gasteiger partial charge < -0.3 is 5.73 Å². The summed E-state index contributed by atoms with van der Waals surface area (Å²) in [6.45, 7) is 0. The van der Waals surface area contributed by atoms with Crippen LogP contribution in [0.2, 0.25) is 0 Å². The molecule has 1 nitrogen and oxygen atoms in total. The molecule has 2 aromatic rings. The summed E-state index contributed by atoms with van der Waals surface area (Å²) in [5.41, 5.74) is 3.14. The van der Waals surface area contributed by atoms with E-state index in [1.807, 2.05) is 0 Å². The van der Waals surface area contributed by atoms with E-state index >= 15 is 0 Å². The van der Waals surface area contributed by atoms with E-state index in [1.165, 1.54) is 0 Å². The number of anilines is 1. The van der Waals surface area contributed by atoms with Crippen molar-refractivity contribution in [2.45, 2.75) is 0 Å². The SMILES string of the molecule is Nc1ccc(-c2c(F)c(F)c(F)c(F)c2F)cc1F. The van der Waals surface area contributed by atoms with E-state index in [0.29, 0.717) is 6.07 Å². The highest BCUT2D eigenvalue weighted by Crippen LogP contribution is 2.32. The predicted molar refractivity (Wildman–Crippen MR) is 56.0 cm³/mol. The molecule has 0 unspecified atom stereocenters. The van der Waals surface area contributed by atoms with Crippen molar-refractivity contribution in [3.05, 3.63) is 53.1 Å². The van der Waals surface area contributed by atoms with E-state index < -0.39 is 46.0 Å². The molecule has 0 aromatic heterocycles. The summed E-state index contributed by atoms with van der Waals surface area (Å²) in [5.74, 6) is -11.5. The molecular weight excluding hydrogens is 272 g/mol. The third-order valence-electron chi connectivity index (χ3n) is 2.50. The molecule has 100 valence electrons. The van der Waals surface area contributed by atoms with E-state index in [9.17, 15) is 26.3 Å². The minimum atomic E-state index is -2.27. The number of halogens is 6. The van der Waals surface area contributed by atoms with E-state index in [0.717, 1.165) is 12.1 Å². The standard InChI is InChI=1S/C12H5F6N/c13-5-3-4(1-2-6(5)19)7-8(14)10(16)12(18)11(17)9(7)15/h1-3H,19H2. The molecular formula is C12H5F6N. The van der Waals surface area contributed by atoms with Gasteiger partial charge in [-0.3, -0.25) is 0 Å². The van der Waals surface area contributed by atoms with Gasteiger partial charge in [0.05, 0.1) is 11.3 Å². The van der Waals surface area contributed by atoms with Gasteiger partial charge in [-0.05, 0) is 17.7 Å². The van der Waals surface area contributed by atoms with E-state index in [2.05, 4.69) is 0 Å². The second kappa shape index (κ2) is 4.49. The van der Waals surface area contributed by atoms with Crippen molar-refractivity contribution >= 4 is 5.69 Å². The number of benzene rings is 2. The largest absolute Gasteiger partial charge is 0.396 e. The lowest BCUT2D eigenvalue weighted by Gasteiger charge is -2.09. The number of hydrogen-bond donors (Lipinski definition) is 1. The van der Waals surface area contributed by atoms with Crippen LogP contribution in [0.3, 0.4) is 0 Å². The van der Waals surface area contributed by atoms with Crippen LogP contribution < -0.4 is 5.73 Å². The average molecular weight is 277 g/mol. The van der Waals surface area contributed by atoms with E-state index in [4.69, 9.17) is 5.73 Å². The highest BCUT2D eigenvalue weighted by atomic mass is 19.2. The highest BCUT2D eigenvalue weighted by Gasteiger charge is 2.26. The van der Waals surface area contributed by atoms with Crippen molar-refractivity contribution < 1.29 is 26.3 Å². The number of hydrogen-bond acceptors (Lipinski definition) is 1. The Kier molecular flexibility index (Phi) is 3.13. The molecule has 0 bridgehead atoms. The van der Waals surface area contributed by atoms with Gasteiger partial charge in [0.15, 0.2) is 23.3 Å². The monoisotopic (exact) mass is 277 g/mol. The molecule has 0 radical (unpaired) electrons. The quantitative estimate of drug-likeness (QED) is 0.365. The van der Waals surface area contributed by atoms with Crippen molar-refractivity contribution in [3.63, 3.8) is 0 Å². The molecule has 0 atom stereocenters. The van der Waals surface area contributed by atoms with Gasteiger partial charge in [-0.2, -0.15) is 0 Å². The fourth-order valence-corrected chi connectivity index (χ4v) is 1.54. The Labute approximate surface area is 103 Å². The molecule has 0 amide bonds. The van der Waals surface area contributed by atoms with Gasteiger partial charge in [0, 0.05) is 0 Å². The van der Waals surface area contributed by atoms with Crippen LogP contribution in [0.15, 0.2) is 18.2 Å². The molecule has 0 aliphatic carbocycles. The Bertz CT molecular complexity index is 639. The lowest BCUT2D eigenvalue weighted by atomic mass is 10.0. The summed E-state index contributed by atoms with van der Waals surface area (Å²) in [7, 11) is 0. The van der Waals surface area contributed by atoms with Crippen molar-refractivity contribution in [2.75, 3.05) is 5.73 Å². The van der Waals surface area contributed by atoms with Crippen LogP contribution in [0.25, 0.3) is 11.1 Å². The molecule has 2 rings (SSSR count). The Hall–Kier alpha value is -2.18. The van der Waals surface area contributed by atoms with Crippen LogP contribution in [0.1, 0.15) is 0 Å². The summed E-state index contributed by atoms with van der Waals surface area (Å²) < 4.78 is 78.9. The Balaban J connectivity index is 2.79. The van der Waals surface area contributed by atoms with Crippen LogP contribution in [-0.2, 0) is 0 Å². The average Bonchev–Trinajstić information content (AvgIpc) is 2.38. The van der Waals surface area contributed by atoms with Gasteiger partial charge in [0.25, 0.3) is 0 Å². The van der Waals surface area contributed by atoms with Gasteiger partial charge in [-0.15, -0.1) is 0 Å². The first-order chi connectivity index (χ1) is 8.84. The summed E-state index contributed by atoms with van der Waals surface area (Å²) >= 11 is 0. The third-order valence-corrected chi connectivity index (χ3v) is 2.50. The highest BCUT2D eigenvalue weighted by molar-refractivity contribution is 5.67. The van der Waals surface area contributed by atoms with E-state index in [1.54, 1.807) is 0 Å². The fraction of sp³-hybridized carbons (Fsp3) is 0. The van der Waals surface area contributed by atoms with Crippen LogP contribution >= 0.6 is 0 Å². The summed E-state index contributed by atoms with van der Waals surface area (Å²) in [5, 5.41) is 0. The fourth-order valence-electron chi connectivity index (χ4n) is 1.54. The molecule has 0 saturated heterocycles. The van der Waals surface area contributed by atoms with E-state index in [-0.39, 0.29) is 5.69 Å². The molecule has 7 heteroatoms. The first-order valence-electron chi connectivity index (χ1n) is 4.91. The maximum Gasteiger partial charge on any atom is 0.200 e. The summed E-state index contributed by atoms with van der Waals surface area (Å²) in [4.78, 5) is 0. The lowest BCUT2D eigenvalue weighted by Crippen LogP contribution is -2.04. The Morgan fingerprint density at radius 1 is 0.684 bits per heavy atom. The zero-order valence-corrected chi connectivity index (χ0v) is 9.08. The minimum Gasteiger partial charge on any atom is -0.396 e. The molecule has 0 aliphatic heterocycles. The maximum absolute atomic E-state index is 13.4. The predicted octanol–water partition coefficient (Wildman–Crippen LogP) is 3.77. The number of rotatable bonds is 1. The zero-order valence-electron chi connectivity index (χ0n) is 9.08. The number of nitrogens with two attached hydrogens (primary N) is 1. The first kappa shape index (κ1) is 13.3. The summed E-state index contributed by atoms with van der Waals surface area (Å²) in [6, 6.07) is 2.51. The second-order valence-corrected chi connectivity index (χ2v) is 3.68. The van der Waals surface area contributed by atoms with Crippen LogP contribution in [0.5, 0.6) is 0 Å². The molecule has 2 aromatic carbocycles. The van der Waals surface area contributed by atoms with Gasteiger partial charge in [0.1, 0.15) is 5.82 Å².